The smallest absolute Gasteiger partial charge is 0.333 e. The van der Waals surface area contributed by atoms with Crippen LogP contribution in [-0.4, -0.2) is 18.9 Å². The van der Waals surface area contributed by atoms with Crippen LogP contribution < -0.4 is 0 Å². The number of carbonyl (C=O) groups is 2. The minimum Gasteiger partial charge on any atom is -0.466 e. The lowest BCUT2D eigenvalue weighted by Crippen LogP contribution is -2.04. The predicted octanol–water partition coefficient (Wildman–Crippen LogP) is 1.00. The molecule has 0 saturated heterocycles. The Morgan fingerprint density at radius 2 is 2.17 bits per heavy atom. The van der Waals surface area contributed by atoms with E-state index < -0.39 is 0 Å². The minimum atomic E-state index is -0.371. The molecule has 0 radical (unpaired) electrons. The van der Waals surface area contributed by atoms with Crippen molar-refractivity contribution < 1.29 is 14.3 Å². The molecule has 0 saturated carbocycles. The fourth-order valence-electron chi connectivity index (χ4n) is 1.04. The number of ketones is 1. The molecule has 0 aromatic rings. The third-order valence-electron chi connectivity index (χ3n) is 1.81. The van der Waals surface area contributed by atoms with Gasteiger partial charge in [0.2, 0.25) is 0 Å². The van der Waals surface area contributed by atoms with Crippen molar-refractivity contribution >= 4 is 11.8 Å². The topological polar surface area (TPSA) is 43.4 Å². The Balaban J connectivity index is 2.86. The first-order valence-electron chi connectivity index (χ1n) is 3.64. The molecule has 0 aromatic heterocycles. The zero-order valence-electron chi connectivity index (χ0n) is 7.09. The van der Waals surface area contributed by atoms with Gasteiger partial charge in [-0.15, -0.1) is 0 Å². The second-order valence-electron chi connectivity index (χ2n) is 2.62. The Hall–Kier alpha value is -1.38. The highest BCUT2D eigenvalue weighted by Gasteiger charge is 2.15. The Bertz CT molecular complexity index is 284. The first kappa shape index (κ1) is 8.71. The van der Waals surface area contributed by atoms with Gasteiger partial charge in [0.05, 0.1) is 7.11 Å². The van der Waals surface area contributed by atoms with E-state index in [1.807, 2.05) is 0 Å². The molecular weight excluding hydrogens is 156 g/mol. The predicted molar refractivity (Wildman–Crippen MR) is 43.5 cm³/mol. The Labute approximate surface area is 70.7 Å². The van der Waals surface area contributed by atoms with Crippen LogP contribution >= 0.6 is 0 Å². The molecule has 0 aliphatic heterocycles. The fourth-order valence-corrected chi connectivity index (χ4v) is 1.04. The van der Waals surface area contributed by atoms with E-state index in [0.29, 0.717) is 12.0 Å². The SMILES string of the molecule is COC(=O)/C(C)=C1/C=CC(=O)C1. The number of carbonyl (C=O) groups excluding carboxylic acids is 2. The number of rotatable bonds is 1. The van der Waals surface area contributed by atoms with Crippen molar-refractivity contribution in [1.82, 2.24) is 0 Å². The maximum Gasteiger partial charge on any atom is 0.333 e. The molecule has 0 aromatic carbocycles. The maximum atomic E-state index is 11.0. The standard InChI is InChI=1S/C9H10O3/c1-6(9(11)12-2)7-3-4-8(10)5-7/h3-4H,5H2,1-2H3/b7-6-. The highest BCUT2D eigenvalue weighted by molar-refractivity contribution is 5.99. The average molecular weight is 166 g/mol. The van der Waals surface area contributed by atoms with Crippen molar-refractivity contribution in [3.05, 3.63) is 23.3 Å². The van der Waals surface area contributed by atoms with Crippen LogP contribution in [0.4, 0.5) is 0 Å². The van der Waals surface area contributed by atoms with Gasteiger partial charge in [0.15, 0.2) is 5.78 Å². The Morgan fingerprint density at radius 3 is 2.58 bits per heavy atom. The van der Waals surface area contributed by atoms with Gasteiger partial charge >= 0.3 is 5.97 Å². The highest BCUT2D eigenvalue weighted by atomic mass is 16.5. The summed E-state index contributed by atoms with van der Waals surface area (Å²) in [6, 6.07) is 0. The summed E-state index contributed by atoms with van der Waals surface area (Å²) >= 11 is 0. The van der Waals surface area contributed by atoms with Gasteiger partial charge in [-0.25, -0.2) is 4.79 Å². The zero-order valence-corrected chi connectivity index (χ0v) is 7.09. The normalized spacial score (nSPS) is 19.7. The van der Waals surface area contributed by atoms with Gasteiger partial charge < -0.3 is 4.74 Å². The van der Waals surface area contributed by atoms with Gasteiger partial charge in [-0.05, 0) is 18.6 Å². The van der Waals surface area contributed by atoms with Crippen LogP contribution in [0.5, 0.6) is 0 Å². The quantitative estimate of drug-likeness (QED) is 0.431. The second kappa shape index (κ2) is 3.34. The number of esters is 1. The first-order valence-corrected chi connectivity index (χ1v) is 3.64. The van der Waals surface area contributed by atoms with E-state index in [1.165, 1.54) is 13.2 Å². The minimum absolute atomic E-state index is 0.0354. The summed E-state index contributed by atoms with van der Waals surface area (Å²) in [4.78, 5) is 21.8. The number of hydrogen-bond acceptors (Lipinski definition) is 3. The first-order chi connectivity index (χ1) is 5.65. The summed E-state index contributed by atoms with van der Waals surface area (Å²) in [6.07, 6.45) is 3.46. The number of ether oxygens (including phenoxy) is 1. The zero-order chi connectivity index (χ0) is 9.14. The highest BCUT2D eigenvalue weighted by Crippen LogP contribution is 2.17. The molecule has 3 nitrogen and oxygen atoms in total. The van der Waals surface area contributed by atoms with Crippen molar-refractivity contribution in [2.24, 2.45) is 0 Å². The van der Waals surface area contributed by atoms with E-state index in [2.05, 4.69) is 4.74 Å². The average Bonchev–Trinajstić information content (AvgIpc) is 2.49. The van der Waals surface area contributed by atoms with Crippen LogP contribution in [0.3, 0.4) is 0 Å². The molecule has 0 bridgehead atoms. The van der Waals surface area contributed by atoms with Crippen LogP contribution in [0.25, 0.3) is 0 Å². The van der Waals surface area contributed by atoms with Gasteiger partial charge in [0.25, 0.3) is 0 Å². The monoisotopic (exact) mass is 166 g/mol. The number of methoxy groups -OCH3 is 1. The molecule has 3 heteroatoms. The molecule has 0 atom stereocenters. The molecule has 1 rings (SSSR count). The molecule has 1 aliphatic rings. The van der Waals surface area contributed by atoms with Gasteiger partial charge in [0.1, 0.15) is 0 Å². The maximum absolute atomic E-state index is 11.0. The van der Waals surface area contributed by atoms with E-state index in [-0.39, 0.29) is 11.8 Å². The number of hydrogen-bond donors (Lipinski definition) is 0. The lowest BCUT2D eigenvalue weighted by atomic mass is 10.1. The molecular formula is C9H10O3. The summed E-state index contributed by atoms with van der Waals surface area (Å²) in [5.41, 5.74) is 1.27. The lowest BCUT2D eigenvalue weighted by Gasteiger charge is -2.00. The summed E-state index contributed by atoms with van der Waals surface area (Å²) in [6.45, 7) is 1.66. The van der Waals surface area contributed by atoms with Crippen molar-refractivity contribution in [3.63, 3.8) is 0 Å². The molecule has 0 unspecified atom stereocenters. The van der Waals surface area contributed by atoms with Crippen LogP contribution in [0.1, 0.15) is 13.3 Å². The van der Waals surface area contributed by atoms with Crippen LogP contribution in [-0.2, 0) is 14.3 Å². The largest absolute Gasteiger partial charge is 0.466 e. The van der Waals surface area contributed by atoms with E-state index in [4.69, 9.17) is 0 Å². The molecule has 0 heterocycles. The van der Waals surface area contributed by atoms with Crippen molar-refractivity contribution in [3.8, 4) is 0 Å². The molecule has 64 valence electrons. The summed E-state index contributed by atoms with van der Waals surface area (Å²) < 4.78 is 4.52. The van der Waals surface area contributed by atoms with E-state index in [1.54, 1.807) is 13.0 Å². The van der Waals surface area contributed by atoms with Crippen molar-refractivity contribution in [2.75, 3.05) is 7.11 Å². The molecule has 0 N–H and O–H groups in total. The van der Waals surface area contributed by atoms with Crippen LogP contribution in [0.2, 0.25) is 0 Å². The fraction of sp³-hybridized carbons (Fsp3) is 0.333. The Kier molecular flexibility index (Phi) is 2.43. The van der Waals surface area contributed by atoms with Gasteiger partial charge in [-0.1, -0.05) is 6.08 Å². The van der Waals surface area contributed by atoms with Crippen molar-refractivity contribution in [1.29, 1.82) is 0 Å². The summed E-state index contributed by atoms with van der Waals surface area (Å²) in [5, 5.41) is 0. The third-order valence-corrected chi connectivity index (χ3v) is 1.81. The van der Waals surface area contributed by atoms with Crippen LogP contribution in [0, 0.1) is 0 Å². The number of allylic oxidation sites excluding steroid dienone is 3. The van der Waals surface area contributed by atoms with Gasteiger partial charge in [-0.2, -0.15) is 0 Å². The Morgan fingerprint density at radius 1 is 1.50 bits per heavy atom. The van der Waals surface area contributed by atoms with Crippen LogP contribution in [0.15, 0.2) is 23.3 Å². The van der Waals surface area contributed by atoms with Gasteiger partial charge in [0, 0.05) is 12.0 Å². The van der Waals surface area contributed by atoms with Crippen molar-refractivity contribution in [2.45, 2.75) is 13.3 Å². The third kappa shape index (κ3) is 1.61. The summed E-state index contributed by atoms with van der Waals surface area (Å²) in [5.74, 6) is -0.336. The second-order valence-corrected chi connectivity index (χ2v) is 2.62. The van der Waals surface area contributed by atoms with E-state index >= 15 is 0 Å². The molecule has 12 heavy (non-hydrogen) atoms. The molecule has 0 amide bonds. The molecule has 0 fully saturated rings. The van der Waals surface area contributed by atoms with E-state index in [0.717, 1.165) is 5.57 Å². The lowest BCUT2D eigenvalue weighted by molar-refractivity contribution is -0.136. The van der Waals surface area contributed by atoms with E-state index in [9.17, 15) is 9.59 Å². The van der Waals surface area contributed by atoms with Gasteiger partial charge in [-0.3, -0.25) is 4.79 Å². The summed E-state index contributed by atoms with van der Waals surface area (Å²) in [7, 11) is 1.33. The molecule has 0 spiro atoms. The molecule has 1 aliphatic carbocycles.